The van der Waals surface area contributed by atoms with Crippen molar-refractivity contribution >= 4 is 33.8 Å². The molecule has 0 unspecified atom stereocenters. The summed E-state index contributed by atoms with van der Waals surface area (Å²) < 4.78 is 17.2. The Balaban J connectivity index is 0.00000176. The molecular weight excluding hydrogens is 347 g/mol. The summed E-state index contributed by atoms with van der Waals surface area (Å²) in [6.07, 6.45) is 0. The minimum Gasteiger partial charge on any atom is -0.296 e. The second kappa shape index (κ2) is 6.40. The van der Waals surface area contributed by atoms with Gasteiger partial charge in [0.25, 0.3) is 5.82 Å². The molecule has 0 saturated carbocycles. The molecule has 3 rings (SSSR count). The molecule has 114 valence electrons. The second-order valence-electron chi connectivity index (χ2n) is 5.17. The topological polar surface area (TPSA) is 25.9 Å². The van der Waals surface area contributed by atoms with Gasteiger partial charge in [0.05, 0.1) is 12.6 Å². The van der Waals surface area contributed by atoms with Crippen molar-refractivity contribution in [2.24, 2.45) is 7.05 Å². The van der Waals surface area contributed by atoms with Gasteiger partial charge < -0.3 is 0 Å². The highest BCUT2D eigenvalue weighted by Crippen LogP contribution is 2.23. The molecule has 0 fully saturated rings. The van der Waals surface area contributed by atoms with E-state index in [0.717, 1.165) is 22.4 Å². The number of imidazole rings is 1. The van der Waals surface area contributed by atoms with Crippen molar-refractivity contribution < 1.29 is 13.8 Å². The predicted molar refractivity (Wildman–Crippen MR) is 89.5 cm³/mol. The highest BCUT2D eigenvalue weighted by molar-refractivity contribution is 8.93. The lowest BCUT2D eigenvalue weighted by Gasteiger charge is -2.02. The average molecular weight is 364 g/mol. The van der Waals surface area contributed by atoms with Crippen LogP contribution in [0.4, 0.5) is 4.39 Å². The van der Waals surface area contributed by atoms with E-state index < -0.39 is 0 Å². The molecule has 0 N–H and O–H groups in total. The molecule has 0 aliphatic rings. The highest BCUT2D eigenvalue weighted by atomic mass is 79.9. The molecule has 2 aromatic carbocycles. The van der Waals surface area contributed by atoms with Gasteiger partial charge in [-0.05, 0) is 43.3 Å². The van der Waals surface area contributed by atoms with Gasteiger partial charge in [-0.3, -0.25) is 4.79 Å². The quantitative estimate of drug-likeness (QED) is 0.654. The standard InChI is InChI=1S/C17H16FN2O.BrH/c1-12(21)11-20-16-6-4-3-5-15(16)19(2)17(20)13-7-9-14(18)10-8-13;/h3-10H,11H2,1-2H3;1H/q+1;. The third kappa shape index (κ3) is 2.81. The monoisotopic (exact) mass is 363 g/mol. The fraction of sp³-hybridized carbons (Fsp3) is 0.176. The maximum atomic E-state index is 13.2. The molecule has 0 radical (unpaired) electrons. The summed E-state index contributed by atoms with van der Waals surface area (Å²) in [6.45, 7) is 1.87. The molecule has 5 heteroatoms. The molecular formula is C17H17BrFN2O+. The number of hydrogen-bond acceptors (Lipinski definition) is 1. The Labute approximate surface area is 138 Å². The summed E-state index contributed by atoms with van der Waals surface area (Å²) in [4.78, 5) is 11.6. The molecule has 0 bridgehead atoms. The van der Waals surface area contributed by atoms with Crippen LogP contribution in [0.25, 0.3) is 22.4 Å². The molecule has 22 heavy (non-hydrogen) atoms. The number of fused-ring (bicyclic) bond motifs is 1. The number of halogens is 2. The predicted octanol–water partition coefficient (Wildman–Crippen LogP) is 3.44. The average Bonchev–Trinajstić information content (AvgIpc) is 2.73. The number of carbonyl (C=O) groups excluding carboxylic acids is 1. The molecule has 0 aliphatic carbocycles. The Bertz CT molecular complexity index is 825. The Hall–Kier alpha value is -2.01. The number of aromatic nitrogens is 2. The Kier molecular flexibility index (Phi) is 4.76. The van der Waals surface area contributed by atoms with Crippen LogP contribution in [-0.4, -0.2) is 10.4 Å². The van der Waals surface area contributed by atoms with Crippen LogP contribution in [-0.2, 0) is 18.4 Å². The van der Waals surface area contributed by atoms with Crippen molar-refractivity contribution in [1.82, 2.24) is 4.57 Å². The Morgan fingerprint density at radius 3 is 2.41 bits per heavy atom. The second-order valence-corrected chi connectivity index (χ2v) is 5.17. The van der Waals surface area contributed by atoms with Gasteiger partial charge >= 0.3 is 0 Å². The smallest absolute Gasteiger partial charge is 0.290 e. The number of carbonyl (C=O) groups is 1. The van der Waals surface area contributed by atoms with Gasteiger partial charge in [-0.15, -0.1) is 17.0 Å². The van der Waals surface area contributed by atoms with Crippen molar-refractivity contribution in [2.75, 3.05) is 0 Å². The first-order valence-electron chi connectivity index (χ1n) is 6.80. The van der Waals surface area contributed by atoms with Crippen molar-refractivity contribution in [2.45, 2.75) is 13.5 Å². The fourth-order valence-corrected chi connectivity index (χ4v) is 2.72. The summed E-state index contributed by atoms with van der Waals surface area (Å²) in [5.74, 6) is 0.710. The number of hydrogen-bond donors (Lipinski definition) is 0. The highest BCUT2D eigenvalue weighted by Gasteiger charge is 2.24. The fourth-order valence-electron chi connectivity index (χ4n) is 2.72. The number of aryl methyl sites for hydroxylation is 1. The van der Waals surface area contributed by atoms with Crippen LogP contribution >= 0.6 is 17.0 Å². The van der Waals surface area contributed by atoms with Gasteiger partial charge in [0.1, 0.15) is 12.4 Å². The first kappa shape index (κ1) is 16.4. The summed E-state index contributed by atoms with van der Waals surface area (Å²) in [6, 6.07) is 14.3. The van der Waals surface area contributed by atoms with Crippen LogP contribution in [0.15, 0.2) is 48.5 Å². The molecule has 0 amide bonds. The third-order valence-electron chi connectivity index (χ3n) is 3.59. The van der Waals surface area contributed by atoms with Crippen LogP contribution in [0.1, 0.15) is 6.92 Å². The molecule has 0 spiro atoms. The minimum absolute atomic E-state index is 0. The van der Waals surface area contributed by atoms with E-state index in [2.05, 4.69) is 0 Å². The van der Waals surface area contributed by atoms with Crippen molar-refractivity contribution in [3.05, 3.63) is 54.3 Å². The summed E-state index contributed by atoms with van der Waals surface area (Å²) in [5.41, 5.74) is 2.92. The van der Waals surface area contributed by atoms with E-state index in [1.807, 2.05) is 40.4 Å². The third-order valence-corrected chi connectivity index (χ3v) is 3.59. The maximum Gasteiger partial charge on any atom is 0.290 e. The van der Waals surface area contributed by atoms with E-state index in [1.165, 1.54) is 12.1 Å². The molecule has 0 aliphatic heterocycles. The zero-order valence-corrected chi connectivity index (χ0v) is 14.1. The summed E-state index contributed by atoms with van der Waals surface area (Å²) in [7, 11) is 1.96. The SMILES string of the molecule is Br.CC(=O)Cn1c(-c2ccc(F)cc2)[n+](C)c2ccccc21. The van der Waals surface area contributed by atoms with Crippen LogP contribution in [0, 0.1) is 5.82 Å². The van der Waals surface area contributed by atoms with Gasteiger partial charge in [0, 0.05) is 0 Å². The lowest BCUT2D eigenvalue weighted by molar-refractivity contribution is -0.634. The molecule has 1 aromatic heterocycles. The first-order chi connectivity index (χ1) is 10.1. The van der Waals surface area contributed by atoms with Gasteiger partial charge in [-0.1, -0.05) is 12.1 Å². The summed E-state index contributed by atoms with van der Waals surface area (Å²) >= 11 is 0. The van der Waals surface area contributed by atoms with E-state index in [1.54, 1.807) is 19.1 Å². The van der Waals surface area contributed by atoms with E-state index in [-0.39, 0.29) is 28.6 Å². The lowest BCUT2D eigenvalue weighted by atomic mass is 10.2. The van der Waals surface area contributed by atoms with E-state index in [9.17, 15) is 9.18 Å². The van der Waals surface area contributed by atoms with Gasteiger partial charge in [-0.25, -0.2) is 13.5 Å². The van der Waals surface area contributed by atoms with E-state index in [4.69, 9.17) is 0 Å². The van der Waals surface area contributed by atoms with Crippen LogP contribution in [0.2, 0.25) is 0 Å². The number of para-hydroxylation sites is 2. The van der Waals surface area contributed by atoms with Gasteiger partial charge in [-0.2, -0.15) is 0 Å². The normalized spacial score (nSPS) is 10.5. The number of ketones is 1. The van der Waals surface area contributed by atoms with E-state index in [0.29, 0.717) is 6.54 Å². The van der Waals surface area contributed by atoms with E-state index >= 15 is 0 Å². The number of Topliss-reactive ketones (excluding diaryl/α,β-unsaturated/α-hetero) is 1. The number of benzene rings is 2. The zero-order valence-electron chi connectivity index (χ0n) is 12.4. The Morgan fingerprint density at radius 2 is 1.77 bits per heavy atom. The minimum atomic E-state index is -0.268. The number of nitrogens with zero attached hydrogens (tertiary/aromatic N) is 2. The van der Waals surface area contributed by atoms with Crippen molar-refractivity contribution in [1.29, 1.82) is 0 Å². The molecule has 3 nitrogen and oxygen atoms in total. The molecule has 1 heterocycles. The van der Waals surface area contributed by atoms with Gasteiger partial charge in [0.2, 0.25) is 0 Å². The maximum absolute atomic E-state index is 13.2. The van der Waals surface area contributed by atoms with Gasteiger partial charge in [0.15, 0.2) is 16.8 Å². The summed E-state index contributed by atoms with van der Waals surface area (Å²) in [5, 5.41) is 0. The largest absolute Gasteiger partial charge is 0.296 e. The first-order valence-corrected chi connectivity index (χ1v) is 6.80. The van der Waals surface area contributed by atoms with Crippen LogP contribution in [0.3, 0.4) is 0 Å². The zero-order chi connectivity index (χ0) is 15.0. The van der Waals surface area contributed by atoms with Crippen molar-refractivity contribution in [3.8, 4) is 11.4 Å². The lowest BCUT2D eigenvalue weighted by Crippen LogP contribution is -2.30. The van der Waals surface area contributed by atoms with Crippen LogP contribution in [0.5, 0.6) is 0 Å². The molecule has 3 aromatic rings. The number of rotatable bonds is 3. The Morgan fingerprint density at radius 1 is 1.14 bits per heavy atom. The molecule has 0 atom stereocenters. The van der Waals surface area contributed by atoms with Crippen molar-refractivity contribution in [3.63, 3.8) is 0 Å². The van der Waals surface area contributed by atoms with Crippen LogP contribution < -0.4 is 4.57 Å². The molecule has 0 saturated heterocycles.